The molecule has 0 aliphatic heterocycles. The summed E-state index contributed by atoms with van der Waals surface area (Å²) in [5.41, 5.74) is -0.513. The molecule has 0 amide bonds. The molecule has 146 valence electrons. The number of nitrogens with one attached hydrogen (secondary N) is 1. The third-order valence-electron chi connectivity index (χ3n) is 3.52. The second-order valence-corrected chi connectivity index (χ2v) is 9.35. The molecule has 0 radical (unpaired) electrons. The number of sulfonamides is 2. The number of ether oxygens (including phenoxy) is 1. The molecule has 0 unspecified atom stereocenters. The van der Waals surface area contributed by atoms with Crippen LogP contribution >= 0.6 is 0 Å². The minimum Gasteiger partial charge on any atom is -0.490 e. The zero-order valence-corrected chi connectivity index (χ0v) is 16.2. The molecule has 2 aromatic rings. The first-order valence-corrected chi connectivity index (χ1v) is 10.3. The molecule has 1 N–H and O–H groups in total. The molecule has 0 aliphatic carbocycles. The summed E-state index contributed by atoms with van der Waals surface area (Å²) in [4.78, 5) is 9.85. The summed E-state index contributed by atoms with van der Waals surface area (Å²) in [6.45, 7) is 0. The number of benzene rings is 2. The Morgan fingerprint density at radius 2 is 1.70 bits per heavy atom. The molecule has 2 rings (SSSR count). The Labute approximate surface area is 156 Å². The van der Waals surface area contributed by atoms with E-state index in [1.807, 2.05) is 0 Å². The van der Waals surface area contributed by atoms with Crippen molar-refractivity contribution in [2.24, 2.45) is 0 Å². The van der Waals surface area contributed by atoms with Gasteiger partial charge in [0.1, 0.15) is 0 Å². The third kappa shape index (κ3) is 4.35. The van der Waals surface area contributed by atoms with E-state index < -0.39 is 30.7 Å². The van der Waals surface area contributed by atoms with Crippen molar-refractivity contribution >= 4 is 31.4 Å². The Morgan fingerprint density at radius 1 is 1.04 bits per heavy atom. The van der Waals surface area contributed by atoms with Gasteiger partial charge < -0.3 is 4.74 Å². The molecule has 0 fully saturated rings. The van der Waals surface area contributed by atoms with Crippen LogP contribution in [-0.4, -0.2) is 47.3 Å². The maximum atomic E-state index is 12.5. The highest BCUT2D eigenvalue weighted by molar-refractivity contribution is 7.92. The molecule has 0 aromatic heterocycles. The van der Waals surface area contributed by atoms with Crippen molar-refractivity contribution in [1.29, 1.82) is 0 Å². The quantitative estimate of drug-likeness (QED) is 0.536. The number of nitro groups is 1. The van der Waals surface area contributed by atoms with Gasteiger partial charge in [-0.15, -0.1) is 0 Å². The Balaban J connectivity index is 2.43. The van der Waals surface area contributed by atoms with E-state index in [1.54, 1.807) is 0 Å². The molecule has 12 heteroatoms. The van der Waals surface area contributed by atoms with E-state index >= 15 is 0 Å². The molecule has 0 spiro atoms. The first kappa shape index (κ1) is 20.6. The van der Waals surface area contributed by atoms with E-state index in [-0.39, 0.29) is 21.2 Å². The van der Waals surface area contributed by atoms with Gasteiger partial charge in [0.2, 0.25) is 10.0 Å². The van der Waals surface area contributed by atoms with Crippen molar-refractivity contribution in [3.63, 3.8) is 0 Å². The molecule has 0 aliphatic rings. The minimum absolute atomic E-state index is 0.00334. The molecule has 0 saturated heterocycles. The maximum Gasteiger partial charge on any atom is 0.312 e. The third-order valence-corrected chi connectivity index (χ3v) is 6.71. The van der Waals surface area contributed by atoms with E-state index in [0.29, 0.717) is 0 Å². The van der Waals surface area contributed by atoms with E-state index in [4.69, 9.17) is 4.74 Å². The molecule has 0 atom stereocenters. The highest BCUT2D eigenvalue weighted by Gasteiger charge is 2.23. The predicted octanol–water partition coefficient (Wildman–Crippen LogP) is 1.65. The normalized spacial score (nSPS) is 12.0. The van der Waals surface area contributed by atoms with Crippen LogP contribution in [0.1, 0.15) is 0 Å². The van der Waals surface area contributed by atoms with Gasteiger partial charge in [-0.05, 0) is 30.3 Å². The lowest BCUT2D eigenvalue weighted by atomic mass is 10.3. The van der Waals surface area contributed by atoms with Gasteiger partial charge in [0.25, 0.3) is 10.0 Å². The van der Waals surface area contributed by atoms with Gasteiger partial charge in [-0.2, -0.15) is 0 Å². The SMILES string of the molecule is COc1ccc(S(=O)(=O)Nc2cccc(S(=O)(=O)N(C)C)c2)cc1[N+](=O)[O-]. The summed E-state index contributed by atoms with van der Waals surface area (Å²) in [5.74, 6) is -0.0852. The summed E-state index contributed by atoms with van der Waals surface area (Å²) >= 11 is 0. The van der Waals surface area contributed by atoms with Crippen LogP contribution < -0.4 is 9.46 Å². The van der Waals surface area contributed by atoms with Crippen LogP contribution in [0.25, 0.3) is 0 Å². The molecular weight excluding hydrogens is 398 g/mol. The summed E-state index contributed by atoms with van der Waals surface area (Å²) in [6, 6.07) is 8.40. The fourth-order valence-electron chi connectivity index (χ4n) is 2.12. The number of nitro benzene ring substituents is 1. The van der Waals surface area contributed by atoms with E-state index in [2.05, 4.69) is 4.72 Å². The van der Waals surface area contributed by atoms with Crippen molar-refractivity contribution in [2.45, 2.75) is 9.79 Å². The Kier molecular flexibility index (Phi) is 5.73. The summed E-state index contributed by atoms with van der Waals surface area (Å²) in [5, 5.41) is 11.1. The Bertz CT molecular complexity index is 1080. The number of nitrogens with zero attached hydrogens (tertiary/aromatic N) is 2. The summed E-state index contributed by atoms with van der Waals surface area (Å²) < 4.78 is 57.5. The number of hydrogen-bond donors (Lipinski definition) is 1. The topological polar surface area (TPSA) is 136 Å². The monoisotopic (exact) mass is 415 g/mol. The number of rotatable bonds is 7. The molecule has 27 heavy (non-hydrogen) atoms. The van der Waals surface area contributed by atoms with Gasteiger partial charge in [0.05, 0.1) is 27.5 Å². The highest BCUT2D eigenvalue weighted by Crippen LogP contribution is 2.30. The molecular formula is C15H17N3O7S2. The number of methoxy groups -OCH3 is 1. The van der Waals surface area contributed by atoms with Gasteiger partial charge in [-0.1, -0.05) is 6.07 Å². The number of hydrogen-bond acceptors (Lipinski definition) is 7. The fraction of sp³-hybridized carbons (Fsp3) is 0.200. The van der Waals surface area contributed by atoms with E-state index in [9.17, 15) is 26.9 Å². The molecule has 0 bridgehead atoms. The molecule has 10 nitrogen and oxygen atoms in total. The lowest BCUT2D eigenvalue weighted by molar-refractivity contribution is -0.386. The van der Waals surface area contributed by atoms with Gasteiger partial charge in [-0.3, -0.25) is 14.8 Å². The average molecular weight is 415 g/mol. The highest BCUT2D eigenvalue weighted by atomic mass is 32.2. The minimum atomic E-state index is -4.20. The number of anilines is 1. The fourth-order valence-corrected chi connectivity index (χ4v) is 4.14. The van der Waals surface area contributed by atoms with Crippen LogP contribution in [0, 0.1) is 10.1 Å². The Morgan fingerprint density at radius 3 is 2.26 bits per heavy atom. The lowest BCUT2D eigenvalue weighted by Crippen LogP contribution is -2.22. The Hall–Kier alpha value is -2.70. The predicted molar refractivity (Wildman–Crippen MR) is 97.8 cm³/mol. The van der Waals surface area contributed by atoms with Crippen LogP contribution in [0.4, 0.5) is 11.4 Å². The second kappa shape index (κ2) is 7.50. The van der Waals surface area contributed by atoms with Crippen LogP contribution in [0.15, 0.2) is 52.3 Å². The van der Waals surface area contributed by atoms with Gasteiger partial charge in [0.15, 0.2) is 5.75 Å². The van der Waals surface area contributed by atoms with E-state index in [0.717, 1.165) is 22.5 Å². The standard InChI is InChI=1S/C15H17N3O7S2/c1-17(2)27(23,24)13-6-4-5-11(9-13)16-26(21,22)12-7-8-15(25-3)14(10-12)18(19)20/h4-10,16H,1-3H3. The van der Waals surface area contributed by atoms with Crippen molar-refractivity contribution in [3.8, 4) is 5.75 Å². The first-order valence-electron chi connectivity index (χ1n) is 7.37. The van der Waals surface area contributed by atoms with Gasteiger partial charge in [-0.25, -0.2) is 21.1 Å². The van der Waals surface area contributed by atoms with Crippen molar-refractivity contribution < 1.29 is 26.5 Å². The molecule has 0 heterocycles. The van der Waals surface area contributed by atoms with Crippen LogP contribution in [0.2, 0.25) is 0 Å². The first-order chi connectivity index (χ1) is 12.5. The van der Waals surface area contributed by atoms with Crippen LogP contribution in [0.3, 0.4) is 0 Å². The molecule has 2 aromatic carbocycles. The van der Waals surface area contributed by atoms with Crippen molar-refractivity contribution in [2.75, 3.05) is 25.9 Å². The zero-order valence-electron chi connectivity index (χ0n) is 14.6. The summed E-state index contributed by atoms with van der Waals surface area (Å²) in [7, 11) is -4.02. The summed E-state index contributed by atoms with van der Waals surface area (Å²) in [6.07, 6.45) is 0. The second-order valence-electron chi connectivity index (χ2n) is 5.51. The lowest BCUT2D eigenvalue weighted by Gasteiger charge is -2.13. The average Bonchev–Trinajstić information content (AvgIpc) is 2.60. The largest absolute Gasteiger partial charge is 0.490 e. The zero-order chi connectivity index (χ0) is 20.4. The van der Waals surface area contributed by atoms with Gasteiger partial charge in [0, 0.05) is 20.2 Å². The van der Waals surface area contributed by atoms with Crippen molar-refractivity contribution in [3.05, 3.63) is 52.6 Å². The van der Waals surface area contributed by atoms with Gasteiger partial charge >= 0.3 is 5.69 Å². The molecule has 0 saturated carbocycles. The van der Waals surface area contributed by atoms with Crippen LogP contribution in [0.5, 0.6) is 5.75 Å². The maximum absolute atomic E-state index is 12.5. The van der Waals surface area contributed by atoms with Crippen LogP contribution in [-0.2, 0) is 20.0 Å². The smallest absolute Gasteiger partial charge is 0.312 e. The van der Waals surface area contributed by atoms with Crippen molar-refractivity contribution in [1.82, 2.24) is 4.31 Å². The van der Waals surface area contributed by atoms with E-state index in [1.165, 1.54) is 45.5 Å².